The van der Waals surface area contributed by atoms with Crippen LogP contribution in [0.25, 0.3) is 0 Å². The summed E-state index contributed by atoms with van der Waals surface area (Å²) in [4.78, 5) is 19.0. The molecule has 6 nitrogen and oxygen atoms in total. The number of piperidine rings is 1. The van der Waals surface area contributed by atoms with Crippen LogP contribution in [0.15, 0.2) is 29.3 Å². The summed E-state index contributed by atoms with van der Waals surface area (Å²) in [6.45, 7) is 6.39. The number of aliphatic imine (C=N–C) groups is 1. The van der Waals surface area contributed by atoms with Crippen LogP contribution < -0.4 is 10.6 Å². The molecule has 2 atom stereocenters. The summed E-state index contributed by atoms with van der Waals surface area (Å²) in [7, 11) is 1.77. The van der Waals surface area contributed by atoms with Crippen LogP contribution >= 0.6 is 0 Å². The highest BCUT2D eigenvalue weighted by Crippen LogP contribution is 2.48. The van der Waals surface area contributed by atoms with E-state index in [9.17, 15) is 9.18 Å². The molecule has 2 saturated heterocycles. The van der Waals surface area contributed by atoms with Gasteiger partial charge in [-0.05, 0) is 70.9 Å². The van der Waals surface area contributed by atoms with E-state index < -0.39 is 5.60 Å². The molecule has 1 aromatic rings. The zero-order valence-electron chi connectivity index (χ0n) is 19.1. The molecular weight excluding hydrogens is 395 g/mol. The van der Waals surface area contributed by atoms with Crippen molar-refractivity contribution in [3.63, 3.8) is 0 Å². The number of carbonyl (C=O) groups is 1. The maximum Gasteiger partial charge on any atom is 0.410 e. The Morgan fingerprint density at radius 3 is 2.42 bits per heavy atom. The number of hydrogen-bond acceptors (Lipinski definition) is 3. The van der Waals surface area contributed by atoms with E-state index in [2.05, 4.69) is 15.6 Å². The molecule has 1 saturated carbocycles. The van der Waals surface area contributed by atoms with Gasteiger partial charge in [0.1, 0.15) is 11.4 Å². The SMILES string of the molecule is CN=C(NCC1(c2ccccc2F)CC1)NC1CC2CCC(C1)N2C(=O)OC(C)(C)C. The summed E-state index contributed by atoms with van der Waals surface area (Å²) >= 11 is 0. The number of fused-ring (bicyclic) bond motifs is 2. The number of ether oxygens (including phenoxy) is 1. The molecule has 3 aliphatic rings. The second-order valence-corrected chi connectivity index (χ2v) is 10.3. The Balaban J connectivity index is 1.33. The minimum absolute atomic E-state index is 0.129. The van der Waals surface area contributed by atoms with Crippen molar-refractivity contribution in [3.05, 3.63) is 35.6 Å². The van der Waals surface area contributed by atoms with Gasteiger partial charge in [-0.2, -0.15) is 0 Å². The van der Waals surface area contributed by atoms with Crippen LogP contribution in [0.5, 0.6) is 0 Å². The standard InChI is InChI=1S/C24H35FN4O2/c1-23(2,3)31-22(30)29-17-9-10-18(29)14-16(13-17)28-21(26-4)27-15-24(11-12-24)19-7-5-6-8-20(19)25/h5-8,16-18H,9-15H2,1-4H3,(H2,26,27,28). The number of halogens is 1. The second kappa shape index (κ2) is 8.32. The first-order valence-electron chi connectivity index (χ1n) is 11.4. The highest BCUT2D eigenvalue weighted by molar-refractivity contribution is 5.80. The monoisotopic (exact) mass is 430 g/mol. The lowest BCUT2D eigenvalue weighted by Crippen LogP contribution is -2.55. The average Bonchev–Trinajstić information content (AvgIpc) is 3.43. The van der Waals surface area contributed by atoms with E-state index in [1.807, 2.05) is 37.8 Å². The minimum Gasteiger partial charge on any atom is -0.444 e. The highest BCUT2D eigenvalue weighted by Gasteiger charge is 2.47. The van der Waals surface area contributed by atoms with Crippen LogP contribution in [0, 0.1) is 5.82 Å². The Hall–Kier alpha value is -2.31. The van der Waals surface area contributed by atoms with Gasteiger partial charge in [-0.15, -0.1) is 0 Å². The van der Waals surface area contributed by atoms with E-state index >= 15 is 0 Å². The fourth-order valence-electron chi connectivity index (χ4n) is 5.13. The van der Waals surface area contributed by atoms with Gasteiger partial charge in [0.15, 0.2) is 5.96 Å². The van der Waals surface area contributed by atoms with Crippen molar-refractivity contribution in [3.8, 4) is 0 Å². The molecule has 7 heteroatoms. The number of nitrogens with one attached hydrogen (secondary N) is 2. The van der Waals surface area contributed by atoms with Crippen molar-refractivity contribution >= 4 is 12.1 Å². The Morgan fingerprint density at radius 1 is 1.23 bits per heavy atom. The maximum atomic E-state index is 14.3. The van der Waals surface area contributed by atoms with Crippen LogP contribution in [0.3, 0.4) is 0 Å². The lowest BCUT2D eigenvalue weighted by atomic mass is 9.95. The summed E-state index contributed by atoms with van der Waals surface area (Å²) in [5.74, 6) is 0.619. The van der Waals surface area contributed by atoms with E-state index in [1.165, 1.54) is 6.07 Å². The Morgan fingerprint density at radius 2 is 1.87 bits per heavy atom. The van der Waals surface area contributed by atoms with Crippen LogP contribution in [-0.2, 0) is 10.2 Å². The molecule has 2 N–H and O–H groups in total. The lowest BCUT2D eigenvalue weighted by Gasteiger charge is -2.40. The van der Waals surface area contributed by atoms with Crippen molar-refractivity contribution in [2.24, 2.45) is 4.99 Å². The van der Waals surface area contributed by atoms with Crippen LogP contribution in [-0.4, -0.2) is 54.3 Å². The average molecular weight is 431 g/mol. The first kappa shape index (κ1) is 21.9. The number of rotatable bonds is 4. The van der Waals surface area contributed by atoms with E-state index in [4.69, 9.17) is 4.74 Å². The van der Waals surface area contributed by atoms with Crippen LogP contribution in [0.4, 0.5) is 9.18 Å². The van der Waals surface area contributed by atoms with E-state index in [-0.39, 0.29) is 35.5 Å². The number of amides is 1. The predicted octanol–water partition coefficient (Wildman–Crippen LogP) is 3.95. The van der Waals surface area contributed by atoms with Gasteiger partial charge in [0.25, 0.3) is 0 Å². The third-order valence-corrected chi connectivity index (χ3v) is 6.79. The zero-order chi connectivity index (χ0) is 22.2. The van der Waals surface area contributed by atoms with E-state index in [0.29, 0.717) is 6.54 Å². The van der Waals surface area contributed by atoms with Crippen molar-refractivity contribution in [1.29, 1.82) is 0 Å². The summed E-state index contributed by atoms with van der Waals surface area (Å²) < 4.78 is 19.9. The fourth-order valence-corrected chi connectivity index (χ4v) is 5.13. The Labute approximate surface area is 184 Å². The van der Waals surface area contributed by atoms with Crippen molar-refractivity contribution in [2.45, 2.75) is 88.4 Å². The normalized spacial score (nSPS) is 27.1. The molecule has 2 bridgehead atoms. The summed E-state index contributed by atoms with van der Waals surface area (Å²) in [6.07, 6.45) is 5.58. The maximum absolute atomic E-state index is 14.3. The molecule has 2 heterocycles. The van der Waals surface area contributed by atoms with Gasteiger partial charge in [0.2, 0.25) is 0 Å². The van der Waals surface area contributed by atoms with Gasteiger partial charge < -0.3 is 20.3 Å². The third kappa shape index (κ3) is 4.80. The predicted molar refractivity (Wildman–Crippen MR) is 120 cm³/mol. The van der Waals surface area contributed by atoms with Crippen LogP contribution in [0.2, 0.25) is 0 Å². The zero-order valence-corrected chi connectivity index (χ0v) is 19.1. The molecule has 3 fully saturated rings. The molecular formula is C24H35FN4O2. The van der Waals surface area contributed by atoms with Crippen molar-refractivity contribution in [1.82, 2.24) is 15.5 Å². The quantitative estimate of drug-likeness (QED) is 0.561. The van der Waals surface area contributed by atoms with Crippen molar-refractivity contribution < 1.29 is 13.9 Å². The molecule has 1 amide bonds. The second-order valence-electron chi connectivity index (χ2n) is 10.3. The Bertz CT molecular complexity index is 832. The first-order chi connectivity index (χ1) is 14.7. The molecule has 1 aromatic carbocycles. The number of guanidine groups is 1. The van der Waals surface area contributed by atoms with E-state index in [1.54, 1.807) is 13.1 Å². The molecule has 1 aliphatic carbocycles. The first-order valence-corrected chi connectivity index (χ1v) is 11.4. The number of hydrogen-bond donors (Lipinski definition) is 2. The van der Waals surface area contributed by atoms with Gasteiger partial charge in [0.05, 0.1) is 0 Å². The third-order valence-electron chi connectivity index (χ3n) is 6.79. The molecule has 31 heavy (non-hydrogen) atoms. The van der Waals surface area contributed by atoms with Gasteiger partial charge in [-0.1, -0.05) is 18.2 Å². The molecule has 2 aliphatic heterocycles. The number of carbonyl (C=O) groups excluding carboxylic acids is 1. The Kier molecular flexibility index (Phi) is 5.88. The molecule has 2 unspecified atom stereocenters. The van der Waals surface area contributed by atoms with E-state index in [0.717, 1.165) is 50.0 Å². The smallest absolute Gasteiger partial charge is 0.410 e. The van der Waals surface area contributed by atoms with Gasteiger partial charge in [0, 0.05) is 37.1 Å². The lowest BCUT2D eigenvalue weighted by molar-refractivity contribution is 0.00544. The molecule has 170 valence electrons. The van der Waals surface area contributed by atoms with Gasteiger partial charge in [-0.3, -0.25) is 4.99 Å². The molecule has 0 radical (unpaired) electrons. The molecule has 4 rings (SSSR count). The number of nitrogens with zero attached hydrogens (tertiary/aromatic N) is 2. The summed E-state index contributed by atoms with van der Waals surface area (Å²) in [6, 6.07) is 7.74. The van der Waals surface area contributed by atoms with Gasteiger partial charge in [-0.25, -0.2) is 9.18 Å². The summed E-state index contributed by atoms with van der Waals surface area (Å²) in [5.41, 5.74) is 0.179. The van der Waals surface area contributed by atoms with Crippen molar-refractivity contribution in [2.75, 3.05) is 13.6 Å². The minimum atomic E-state index is -0.478. The van der Waals surface area contributed by atoms with Crippen LogP contribution in [0.1, 0.15) is 64.9 Å². The van der Waals surface area contributed by atoms with Gasteiger partial charge >= 0.3 is 6.09 Å². The molecule has 0 spiro atoms. The molecule has 0 aromatic heterocycles. The summed E-state index contributed by atoms with van der Waals surface area (Å²) in [5, 5.41) is 6.97. The largest absolute Gasteiger partial charge is 0.444 e. The topological polar surface area (TPSA) is 66.0 Å². The fraction of sp³-hybridized carbons (Fsp3) is 0.667. The number of benzene rings is 1. The highest BCUT2D eigenvalue weighted by atomic mass is 19.1.